The van der Waals surface area contributed by atoms with E-state index in [1.54, 1.807) is 10.9 Å². The molecule has 0 saturated carbocycles. The van der Waals surface area contributed by atoms with E-state index in [-0.39, 0.29) is 0 Å². The van der Waals surface area contributed by atoms with Crippen molar-refractivity contribution in [1.82, 2.24) is 14.9 Å². The lowest BCUT2D eigenvalue weighted by Gasteiger charge is -2.03. The number of aryl methyl sites for hydroxylation is 1. The maximum atomic E-state index is 5.90. The van der Waals surface area contributed by atoms with Gasteiger partial charge in [0.25, 0.3) is 0 Å². The summed E-state index contributed by atoms with van der Waals surface area (Å²) >= 11 is 8.87. The summed E-state index contributed by atoms with van der Waals surface area (Å²) in [6.07, 6.45) is 1.63. The lowest BCUT2D eigenvalue weighted by molar-refractivity contribution is 0.574. The number of hydrogen-bond donors (Lipinski definition) is 1. The number of furan rings is 1. The van der Waals surface area contributed by atoms with Crippen LogP contribution in [0.4, 0.5) is 0 Å². The second-order valence-corrected chi connectivity index (χ2v) is 7.15. The third kappa shape index (κ3) is 3.56. The number of aromatic nitrogens is 3. The first-order valence-electron chi connectivity index (χ1n) is 8.26. The van der Waals surface area contributed by atoms with Crippen LogP contribution in [-0.2, 0) is 0 Å². The molecule has 4 rings (SSSR count). The van der Waals surface area contributed by atoms with E-state index >= 15 is 0 Å². The fraction of sp³-hybridized carbons (Fsp3) is 0.0500. The van der Waals surface area contributed by atoms with Crippen molar-refractivity contribution in [2.45, 2.75) is 6.92 Å². The van der Waals surface area contributed by atoms with Crippen LogP contribution >= 0.6 is 28.1 Å². The van der Waals surface area contributed by atoms with E-state index < -0.39 is 0 Å². The van der Waals surface area contributed by atoms with Gasteiger partial charge in [0.05, 0.1) is 6.21 Å². The molecule has 0 atom stereocenters. The van der Waals surface area contributed by atoms with Crippen LogP contribution in [0.15, 0.2) is 74.7 Å². The average Bonchev–Trinajstić information content (AvgIpc) is 3.28. The summed E-state index contributed by atoms with van der Waals surface area (Å²) in [5, 5.41) is 11.6. The molecule has 0 aliphatic carbocycles. The van der Waals surface area contributed by atoms with Gasteiger partial charge in [-0.25, -0.2) is 5.10 Å². The first-order valence-corrected chi connectivity index (χ1v) is 9.46. The monoisotopic (exact) mass is 438 g/mol. The van der Waals surface area contributed by atoms with E-state index in [0.717, 1.165) is 26.9 Å². The molecule has 2 heterocycles. The lowest BCUT2D eigenvalue weighted by atomic mass is 10.1. The van der Waals surface area contributed by atoms with E-state index in [1.807, 2.05) is 67.6 Å². The fourth-order valence-electron chi connectivity index (χ4n) is 2.74. The maximum Gasteiger partial charge on any atom is 0.216 e. The summed E-state index contributed by atoms with van der Waals surface area (Å²) in [6.45, 7) is 2.03. The molecule has 0 radical (unpaired) electrons. The van der Waals surface area contributed by atoms with Gasteiger partial charge in [0.15, 0.2) is 5.82 Å². The van der Waals surface area contributed by atoms with E-state index in [1.165, 1.54) is 0 Å². The van der Waals surface area contributed by atoms with Crippen molar-refractivity contribution in [3.63, 3.8) is 0 Å². The van der Waals surface area contributed by atoms with Gasteiger partial charge in [-0.2, -0.15) is 14.9 Å². The standard InChI is InChI=1S/C20H15BrN4OS/c1-13-6-2-3-7-15(13)19-23-24-20(27)25(19)22-12-14-10-11-18(26-14)16-8-4-5-9-17(16)21/h2-12H,1H3,(H,24,27)/b22-12+. The molecule has 0 bridgehead atoms. The zero-order chi connectivity index (χ0) is 18.8. The van der Waals surface area contributed by atoms with Gasteiger partial charge < -0.3 is 4.42 Å². The first-order chi connectivity index (χ1) is 13.1. The molecule has 134 valence electrons. The van der Waals surface area contributed by atoms with Gasteiger partial charge in [-0.15, -0.1) is 0 Å². The summed E-state index contributed by atoms with van der Waals surface area (Å²) < 4.78 is 8.89. The highest BCUT2D eigenvalue weighted by Crippen LogP contribution is 2.29. The van der Waals surface area contributed by atoms with Crippen LogP contribution in [-0.4, -0.2) is 21.1 Å². The number of nitrogens with zero attached hydrogens (tertiary/aromatic N) is 3. The highest BCUT2D eigenvalue weighted by atomic mass is 79.9. The van der Waals surface area contributed by atoms with Crippen LogP contribution in [0.5, 0.6) is 0 Å². The predicted octanol–water partition coefficient (Wildman–Crippen LogP) is 5.82. The summed E-state index contributed by atoms with van der Waals surface area (Å²) in [7, 11) is 0. The molecule has 2 aromatic heterocycles. The smallest absolute Gasteiger partial charge is 0.216 e. The SMILES string of the molecule is Cc1ccccc1-c1n[nH]c(=S)n1/N=C/c1ccc(-c2ccccc2Br)o1. The Balaban J connectivity index is 1.67. The number of rotatable bonds is 4. The van der Waals surface area contributed by atoms with Crippen LogP contribution in [0.3, 0.4) is 0 Å². The summed E-state index contributed by atoms with van der Waals surface area (Å²) in [5.41, 5.74) is 3.05. The van der Waals surface area contributed by atoms with Gasteiger partial charge in [0, 0.05) is 15.6 Å². The number of hydrogen-bond acceptors (Lipinski definition) is 4. The summed E-state index contributed by atoms with van der Waals surface area (Å²) in [4.78, 5) is 0. The quantitative estimate of drug-likeness (QED) is 0.322. The Morgan fingerprint density at radius 2 is 1.81 bits per heavy atom. The second kappa shape index (κ2) is 7.46. The molecular weight excluding hydrogens is 424 g/mol. The minimum absolute atomic E-state index is 0.419. The molecular formula is C20H15BrN4OS. The van der Waals surface area contributed by atoms with Crippen molar-refractivity contribution in [3.8, 4) is 22.7 Å². The average molecular weight is 439 g/mol. The van der Waals surface area contributed by atoms with Gasteiger partial charge in [0.1, 0.15) is 11.5 Å². The summed E-state index contributed by atoms with van der Waals surface area (Å²) in [6, 6.07) is 19.7. The lowest BCUT2D eigenvalue weighted by Crippen LogP contribution is -1.96. The van der Waals surface area contributed by atoms with Crippen LogP contribution < -0.4 is 0 Å². The molecule has 0 amide bonds. The zero-order valence-electron chi connectivity index (χ0n) is 14.4. The van der Waals surface area contributed by atoms with E-state index in [2.05, 4.69) is 31.2 Å². The molecule has 4 aromatic rings. The van der Waals surface area contributed by atoms with Gasteiger partial charge in [0.2, 0.25) is 4.77 Å². The molecule has 0 aliphatic heterocycles. The topological polar surface area (TPSA) is 59.1 Å². The van der Waals surface area contributed by atoms with Gasteiger partial charge >= 0.3 is 0 Å². The molecule has 0 saturated heterocycles. The molecule has 0 spiro atoms. The van der Waals surface area contributed by atoms with Crippen molar-refractivity contribution in [1.29, 1.82) is 0 Å². The molecule has 0 fully saturated rings. The minimum atomic E-state index is 0.419. The highest BCUT2D eigenvalue weighted by Gasteiger charge is 2.11. The first kappa shape index (κ1) is 17.6. The van der Waals surface area contributed by atoms with Gasteiger partial charge in [-0.3, -0.25) is 0 Å². The Kier molecular flexibility index (Phi) is 4.87. The molecule has 7 heteroatoms. The minimum Gasteiger partial charge on any atom is -0.455 e. The van der Waals surface area contributed by atoms with Crippen LogP contribution in [0, 0.1) is 11.7 Å². The highest BCUT2D eigenvalue weighted by molar-refractivity contribution is 9.10. The van der Waals surface area contributed by atoms with Crippen molar-refractivity contribution in [3.05, 3.63) is 81.2 Å². The fourth-order valence-corrected chi connectivity index (χ4v) is 3.40. The molecule has 27 heavy (non-hydrogen) atoms. The zero-order valence-corrected chi connectivity index (χ0v) is 16.8. The van der Waals surface area contributed by atoms with Gasteiger partial charge in [-0.05, 0) is 42.9 Å². The largest absolute Gasteiger partial charge is 0.455 e. The maximum absolute atomic E-state index is 5.90. The van der Waals surface area contributed by atoms with Gasteiger partial charge in [-0.1, -0.05) is 58.4 Å². The van der Waals surface area contributed by atoms with Crippen LogP contribution in [0.2, 0.25) is 0 Å². The second-order valence-electron chi connectivity index (χ2n) is 5.91. The third-order valence-electron chi connectivity index (χ3n) is 4.10. The van der Waals surface area contributed by atoms with Crippen molar-refractivity contribution < 1.29 is 4.42 Å². The number of H-pyrrole nitrogens is 1. The molecule has 1 N–H and O–H groups in total. The van der Waals surface area contributed by atoms with E-state index in [0.29, 0.717) is 16.4 Å². The van der Waals surface area contributed by atoms with Crippen LogP contribution in [0.25, 0.3) is 22.7 Å². The molecule has 2 aromatic carbocycles. The van der Waals surface area contributed by atoms with E-state index in [9.17, 15) is 0 Å². The number of aromatic amines is 1. The predicted molar refractivity (Wildman–Crippen MR) is 112 cm³/mol. The normalized spacial score (nSPS) is 11.3. The van der Waals surface area contributed by atoms with Crippen molar-refractivity contribution in [2.75, 3.05) is 0 Å². The van der Waals surface area contributed by atoms with Crippen molar-refractivity contribution >= 4 is 34.4 Å². The number of benzene rings is 2. The molecule has 0 aliphatic rings. The molecule has 0 unspecified atom stereocenters. The molecule has 5 nitrogen and oxygen atoms in total. The Hall–Kier alpha value is -2.77. The Morgan fingerprint density at radius 3 is 2.59 bits per heavy atom. The number of halogens is 1. The Morgan fingerprint density at radius 1 is 1.07 bits per heavy atom. The van der Waals surface area contributed by atoms with Crippen molar-refractivity contribution in [2.24, 2.45) is 5.10 Å². The van der Waals surface area contributed by atoms with E-state index in [4.69, 9.17) is 16.6 Å². The Labute approximate surface area is 169 Å². The third-order valence-corrected chi connectivity index (χ3v) is 5.06. The number of nitrogens with one attached hydrogen (secondary N) is 1. The van der Waals surface area contributed by atoms with Crippen LogP contribution in [0.1, 0.15) is 11.3 Å². The summed E-state index contributed by atoms with van der Waals surface area (Å²) in [5.74, 6) is 2.05. The Bertz CT molecular complexity index is 1190.